The van der Waals surface area contributed by atoms with Gasteiger partial charge < -0.3 is 14.8 Å². The Morgan fingerprint density at radius 2 is 1.86 bits per heavy atom. The Labute approximate surface area is 206 Å². The minimum absolute atomic E-state index is 0.0731. The zero-order valence-electron chi connectivity index (χ0n) is 19.4. The summed E-state index contributed by atoms with van der Waals surface area (Å²) in [4.78, 5) is 32.4. The van der Waals surface area contributed by atoms with Gasteiger partial charge in [0.2, 0.25) is 5.16 Å². The highest BCUT2D eigenvalue weighted by Gasteiger charge is 2.44. The lowest BCUT2D eigenvalue weighted by Crippen LogP contribution is -2.50. The van der Waals surface area contributed by atoms with Gasteiger partial charge in [0.05, 0.1) is 25.8 Å². The number of benzene rings is 2. The number of esters is 1. The van der Waals surface area contributed by atoms with Crippen molar-refractivity contribution in [1.29, 1.82) is 0 Å². The van der Waals surface area contributed by atoms with E-state index < -0.39 is 12.0 Å². The van der Waals surface area contributed by atoms with Gasteiger partial charge in [-0.05, 0) is 42.7 Å². The first-order valence-corrected chi connectivity index (χ1v) is 12.2. The minimum atomic E-state index is -0.594. The molecule has 0 spiro atoms. The summed E-state index contributed by atoms with van der Waals surface area (Å²) in [6.07, 6.45) is 1.79. The third-order valence-corrected chi connectivity index (χ3v) is 6.85. The topological polar surface area (TPSA) is 109 Å². The largest absolute Gasteiger partial charge is 0.497 e. The van der Waals surface area contributed by atoms with E-state index >= 15 is 0 Å². The second-order valence-corrected chi connectivity index (χ2v) is 9.17. The number of thioether (sulfide) groups is 1. The number of hydrogen-bond acceptors (Lipinski definition) is 7. The summed E-state index contributed by atoms with van der Waals surface area (Å²) in [6, 6.07) is 16.2. The molecule has 5 rings (SSSR count). The molecule has 10 heteroatoms. The molecule has 1 aromatic heterocycles. The molecule has 1 fully saturated rings. The first kappa shape index (κ1) is 23.0. The molecule has 1 aliphatic carbocycles. The van der Waals surface area contributed by atoms with Crippen LogP contribution in [0.1, 0.15) is 24.4 Å². The molecule has 3 aromatic rings. The molecule has 0 radical (unpaired) electrons. The fourth-order valence-corrected chi connectivity index (χ4v) is 4.94. The summed E-state index contributed by atoms with van der Waals surface area (Å²) in [5.41, 5.74) is 2.76. The summed E-state index contributed by atoms with van der Waals surface area (Å²) < 4.78 is 10.4. The molecule has 9 nitrogen and oxygen atoms in total. The number of ether oxygens (including phenoxy) is 2. The van der Waals surface area contributed by atoms with Crippen LogP contribution in [0.3, 0.4) is 0 Å². The van der Waals surface area contributed by atoms with Gasteiger partial charge in [0, 0.05) is 23.1 Å². The van der Waals surface area contributed by atoms with Gasteiger partial charge in [-0.2, -0.15) is 0 Å². The Balaban J connectivity index is 1.46. The lowest BCUT2D eigenvalue weighted by atomic mass is 9.95. The van der Waals surface area contributed by atoms with Crippen LogP contribution >= 0.6 is 11.8 Å². The predicted molar refractivity (Wildman–Crippen MR) is 131 cm³/mol. The van der Waals surface area contributed by atoms with E-state index in [9.17, 15) is 9.59 Å². The Bertz CT molecular complexity index is 1250. The van der Waals surface area contributed by atoms with Crippen LogP contribution in [0.5, 0.6) is 5.75 Å². The second-order valence-electron chi connectivity index (χ2n) is 8.23. The highest BCUT2D eigenvalue weighted by molar-refractivity contribution is 7.99. The summed E-state index contributed by atoms with van der Waals surface area (Å²) in [5, 5.41) is 10.8. The molecule has 0 saturated heterocycles. The van der Waals surface area contributed by atoms with Gasteiger partial charge in [0.1, 0.15) is 5.75 Å². The number of nitrogens with zero attached hydrogens (tertiary/aromatic N) is 3. The number of rotatable bonds is 8. The number of aromatic amines is 1. The van der Waals surface area contributed by atoms with Crippen molar-refractivity contribution in [1.82, 2.24) is 25.4 Å². The first-order valence-electron chi connectivity index (χ1n) is 11.2. The quantitative estimate of drug-likeness (QED) is 0.363. The molecule has 1 saturated carbocycles. The van der Waals surface area contributed by atoms with E-state index in [4.69, 9.17) is 9.47 Å². The van der Waals surface area contributed by atoms with E-state index in [1.165, 1.54) is 18.9 Å². The summed E-state index contributed by atoms with van der Waals surface area (Å²) >= 11 is 1.36. The maximum absolute atomic E-state index is 13.2. The molecule has 1 atom stereocenters. The zero-order valence-corrected chi connectivity index (χ0v) is 20.2. The lowest BCUT2D eigenvalue weighted by molar-refractivity contribution is -0.136. The molecular formula is C25H25N5O4S. The molecule has 2 heterocycles. The third kappa shape index (κ3) is 4.74. The second kappa shape index (κ2) is 9.83. The van der Waals surface area contributed by atoms with Crippen molar-refractivity contribution >= 4 is 23.8 Å². The number of aromatic nitrogens is 3. The number of methoxy groups -OCH3 is 2. The summed E-state index contributed by atoms with van der Waals surface area (Å²) in [6.45, 7) is 0. The maximum Gasteiger partial charge on any atom is 0.338 e. The van der Waals surface area contributed by atoms with Crippen LogP contribution in [0.15, 0.2) is 71.0 Å². The van der Waals surface area contributed by atoms with Crippen molar-refractivity contribution in [2.45, 2.75) is 30.1 Å². The van der Waals surface area contributed by atoms with E-state index in [1.54, 1.807) is 12.0 Å². The van der Waals surface area contributed by atoms with Gasteiger partial charge in [-0.3, -0.25) is 10.00 Å². The number of urea groups is 1. The predicted octanol–water partition coefficient (Wildman–Crippen LogP) is 3.93. The van der Waals surface area contributed by atoms with Gasteiger partial charge >= 0.3 is 12.0 Å². The molecule has 0 bridgehead atoms. The van der Waals surface area contributed by atoms with Crippen LogP contribution in [-0.4, -0.2) is 58.1 Å². The molecule has 2 aromatic carbocycles. The molecule has 2 amide bonds. The highest BCUT2D eigenvalue weighted by Crippen LogP contribution is 2.40. The number of carbonyl (C=O) groups excluding carboxylic acids is 2. The SMILES string of the molecule is COC(=O)C1=C(CSc2n[nH]c(-c3ccc(OC)cc3)n2)N(C2CC2)C(=O)NC1c1ccccc1. The van der Waals surface area contributed by atoms with Crippen LogP contribution in [0, 0.1) is 0 Å². The normalized spacial score (nSPS) is 17.8. The smallest absolute Gasteiger partial charge is 0.338 e. The van der Waals surface area contributed by atoms with Gasteiger partial charge in [0.25, 0.3) is 0 Å². The van der Waals surface area contributed by atoms with Gasteiger partial charge in [-0.25, -0.2) is 14.6 Å². The number of nitrogens with one attached hydrogen (secondary N) is 2. The van der Waals surface area contributed by atoms with Crippen molar-refractivity contribution in [3.8, 4) is 17.1 Å². The molecule has 180 valence electrons. The Morgan fingerprint density at radius 3 is 2.51 bits per heavy atom. The fraction of sp³-hybridized carbons (Fsp3) is 0.280. The molecule has 1 unspecified atom stereocenters. The lowest BCUT2D eigenvalue weighted by Gasteiger charge is -2.36. The summed E-state index contributed by atoms with van der Waals surface area (Å²) in [7, 11) is 2.98. The van der Waals surface area contributed by atoms with Crippen molar-refractivity contribution in [2.75, 3.05) is 20.0 Å². The third-order valence-electron chi connectivity index (χ3n) is 5.99. The van der Waals surface area contributed by atoms with E-state index in [-0.39, 0.29) is 12.1 Å². The van der Waals surface area contributed by atoms with E-state index in [1.807, 2.05) is 54.6 Å². The summed E-state index contributed by atoms with van der Waals surface area (Å²) in [5.74, 6) is 1.26. The van der Waals surface area contributed by atoms with Gasteiger partial charge in [-0.15, -0.1) is 5.10 Å². The van der Waals surface area contributed by atoms with Crippen molar-refractivity contribution in [2.24, 2.45) is 0 Å². The molecule has 35 heavy (non-hydrogen) atoms. The minimum Gasteiger partial charge on any atom is -0.497 e. The van der Waals surface area contributed by atoms with E-state index in [0.717, 1.165) is 29.7 Å². The van der Waals surface area contributed by atoms with Crippen LogP contribution in [0.2, 0.25) is 0 Å². The van der Waals surface area contributed by atoms with Crippen LogP contribution < -0.4 is 10.1 Å². The van der Waals surface area contributed by atoms with Crippen LogP contribution in [0.4, 0.5) is 4.79 Å². The van der Waals surface area contributed by atoms with E-state index in [0.29, 0.717) is 28.0 Å². The number of hydrogen-bond donors (Lipinski definition) is 2. The Morgan fingerprint density at radius 1 is 1.11 bits per heavy atom. The number of H-pyrrole nitrogens is 1. The zero-order chi connectivity index (χ0) is 24.4. The average Bonchev–Trinajstić information content (AvgIpc) is 3.63. The standard InChI is InChI=1S/C25H25N5O4S/c1-33-18-12-8-16(9-13-18)22-27-24(29-28-22)35-14-19-20(23(31)34-2)21(15-6-4-3-5-7-15)26-25(32)30(19)17-10-11-17/h3-9,12-13,17,21H,10-11,14H2,1-2H3,(H,26,32)(H,27,28,29). The average molecular weight is 492 g/mol. The van der Waals surface area contributed by atoms with Crippen LogP contribution in [-0.2, 0) is 9.53 Å². The van der Waals surface area contributed by atoms with Crippen LogP contribution in [0.25, 0.3) is 11.4 Å². The number of amides is 2. The van der Waals surface area contributed by atoms with Gasteiger partial charge in [-0.1, -0.05) is 42.1 Å². The van der Waals surface area contributed by atoms with Crippen molar-refractivity contribution in [3.05, 3.63) is 71.4 Å². The monoisotopic (exact) mass is 491 g/mol. The Kier molecular flexibility index (Phi) is 6.45. The molecule has 1 aliphatic heterocycles. The molecular weight excluding hydrogens is 466 g/mol. The highest BCUT2D eigenvalue weighted by atomic mass is 32.2. The van der Waals surface area contributed by atoms with Gasteiger partial charge in [0.15, 0.2) is 5.82 Å². The first-order chi connectivity index (χ1) is 17.1. The molecule has 2 N–H and O–H groups in total. The maximum atomic E-state index is 13.2. The Hall–Kier alpha value is -3.79. The number of carbonyl (C=O) groups is 2. The fourth-order valence-electron chi connectivity index (χ4n) is 4.11. The van der Waals surface area contributed by atoms with Crippen molar-refractivity contribution < 1.29 is 19.1 Å². The molecule has 2 aliphatic rings. The van der Waals surface area contributed by atoms with E-state index in [2.05, 4.69) is 20.5 Å². The van der Waals surface area contributed by atoms with Crippen molar-refractivity contribution in [3.63, 3.8) is 0 Å².